The molecule has 0 amide bonds. The van der Waals surface area contributed by atoms with Crippen molar-refractivity contribution in [2.24, 2.45) is 0 Å². The van der Waals surface area contributed by atoms with Crippen LogP contribution in [0.25, 0.3) is 5.78 Å². The third kappa shape index (κ3) is 1.76. The highest BCUT2D eigenvalue weighted by molar-refractivity contribution is 5.66. The smallest absolute Gasteiger partial charge is 0.303 e. The summed E-state index contributed by atoms with van der Waals surface area (Å²) in [4.78, 5) is 24.3. The fraction of sp³-hybridized carbons (Fsp3) is 0.375. The van der Waals surface area contributed by atoms with Crippen molar-refractivity contribution in [3.8, 4) is 0 Å². The monoisotopic (exact) mass is 223 g/mol. The molecule has 0 spiro atoms. The van der Waals surface area contributed by atoms with Gasteiger partial charge in [0.05, 0.1) is 6.42 Å². The first-order chi connectivity index (χ1) is 7.58. The zero-order valence-corrected chi connectivity index (χ0v) is 8.47. The molecule has 0 fully saturated rings. The van der Waals surface area contributed by atoms with Gasteiger partial charge in [0.2, 0.25) is 0 Å². The number of nitrogens with zero attached hydrogens (tertiary/aromatic N) is 4. The molecule has 0 saturated carbocycles. The van der Waals surface area contributed by atoms with Crippen LogP contribution >= 0.6 is 0 Å². The van der Waals surface area contributed by atoms with Gasteiger partial charge in [-0.05, 0) is 6.92 Å². The second-order valence-electron chi connectivity index (χ2n) is 3.28. The van der Waals surface area contributed by atoms with Crippen LogP contribution in [0.5, 0.6) is 0 Å². The molecule has 2 aromatic rings. The second-order valence-corrected chi connectivity index (χ2v) is 3.28. The maximum absolute atomic E-state index is 11.5. The first-order valence-corrected chi connectivity index (χ1v) is 4.61. The average molecular weight is 223 g/mol. The van der Waals surface area contributed by atoms with E-state index in [9.17, 15) is 9.59 Å². The van der Waals surface area contributed by atoms with Crippen molar-refractivity contribution in [1.29, 1.82) is 0 Å². The Bertz CT molecular complexity index is 599. The molecule has 8 heteroatoms. The Morgan fingerprint density at radius 1 is 1.50 bits per heavy atom. The molecule has 0 aliphatic heterocycles. The van der Waals surface area contributed by atoms with Crippen LogP contribution in [-0.4, -0.2) is 35.9 Å². The molecule has 16 heavy (non-hydrogen) atoms. The molecular weight excluding hydrogens is 214 g/mol. The normalized spacial score (nSPS) is 10.8. The number of aromatic amines is 1. The number of hydrogen-bond donors (Lipinski definition) is 2. The summed E-state index contributed by atoms with van der Waals surface area (Å²) >= 11 is 0. The molecule has 0 aromatic carbocycles. The second kappa shape index (κ2) is 3.72. The van der Waals surface area contributed by atoms with Crippen LogP contribution in [-0.2, 0) is 11.2 Å². The van der Waals surface area contributed by atoms with Gasteiger partial charge in [0, 0.05) is 6.42 Å². The number of fused-ring (bicyclic) bond motifs is 1. The van der Waals surface area contributed by atoms with Crippen LogP contribution in [0, 0.1) is 6.92 Å². The van der Waals surface area contributed by atoms with Gasteiger partial charge in [0.25, 0.3) is 11.3 Å². The van der Waals surface area contributed by atoms with Crippen LogP contribution in [0.3, 0.4) is 0 Å². The minimum Gasteiger partial charge on any atom is -0.481 e. The fourth-order valence-electron chi connectivity index (χ4n) is 1.28. The van der Waals surface area contributed by atoms with Gasteiger partial charge in [-0.15, -0.1) is 10.2 Å². The predicted molar refractivity (Wildman–Crippen MR) is 52.1 cm³/mol. The highest BCUT2D eigenvalue weighted by Crippen LogP contribution is 1.97. The van der Waals surface area contributed by atoms with Gasteiger partial charge in [-0.25, -0.2) is 0 Å². The molecule has 2 rings (SSSR count). The molecule has 84 valence electrons. The molecule has 0 aliphatic rings. The zero-order valence-electron chi connectivity index (χ0n) is 8.47. The van der Waals surface area contributed by atoms with Crippen molar-refractivity contribution in [1.82, 2.24) is 24.8 Å². The quantitative estimate of drug-likeness (QED) is 0.699. The summed E-state index contributed by atoms with van der Waals surface area (Å²) in [5.74, 6) is -0.189. The lowest BCUT2D eigenvalue weighted by atomic mass is 10.2. The molecule has 2 N–H and O–H groups in total. The summed E-state index contributed by atoms with van der Waals surface area (Å²) in [6.45, 7) is 1.69. The third-order valence-corrected chi connectivity index (χ3v) is 2.08. The van der Waals surface area contributed by atoms with Gasteiger partial charge in [-0.3, -0.25) is 14.6 Å². The summed E-state index contributed by atoms with van der Waals surface area (Å²) in [5.41, 5.74) is -0.265. The summed E-state index contributed by atoms with van der Waals surface area (Å²) in [6.07, 6.45) is -0.0546. The van der Waals surface area contributed by atoms with Gasteiger partial charge in [0.15, 0.2) is 5.82 Å². The number of H-pyrrole nitrogens is 1. The van der Waals surface area contributed by atoms with E-state index < -0.39 is 11.5 Å². The number of aryl methyl sites for hydroxylation is 2. The van der Waals surface area contributed by atoms with E-state index in [1.165, 1.54) is 4.52 Å². The van der Waals surface area contributed by atoms with E-state index >= 15 is 0 Å². The van der Waals surface area contributed by atoms with Crippen molar-refractivity contribution >= 4 is 11.7 Å². The number of carbonyl (C=O) groups is 1. The molecular formula is C8H9N5O3. The predicted octanol–water partition coefficient (Wildman–Crippen LogP) is -0.862. The number of hydrogen-bond acceptors (Lipinski definition) is 5. The van der Waals surface area contributed by atoms with E-state index in [2.05, 4.69) is 20.3 Å². The van der Waals surface area contributed by atoms with E-state index in [-0.39, 0.29) is 24.3 Å². The average Bonchev–Trinajstić information content (AvgIpc) is 2.56. The molecule has 2 aromatic heterocycles. The Kier molecular flexibility index (Phi) is 2.39. The molecule has 0 unspecified atom stereocenters. The van der Waals surface area contributed by atoms with Gasteiger partial charge < -0.3 is 5.11 Å². The lowest BCUT2D eigenvalue weighted by Gasteiger charge is -1.98. The summed E-state index contributed by atoms with van der Waals surface area (Å²) in [6, 6.07) is 0. The standard InChI is InChI=1S/C8H9N5O3/c1-4-10-11-8-9-7(16)5(12-13(4)8)2-3-6(14)15/h2-3H2,1H3,(H,14,15)(H,9,11,16). The van der Waals surface area contributed by atoms with Gasteiger partial charge >= 0.3 is 5.97 Å². The number of carboxylic acids is 1. The Morgan fingerprint density at radius 3 is 2.94 bits per heavy atom. The number of aromatic nitrogens is 5. The number of carboxylic acid groups (broad SMARTS) is 1. The van der Waals surface area contributed by atoms with E-state index in [1.54, 1.807) is 6.92 Å². The summed E-state index contributed by atoms with van der Waals surface area (Å²) < 4.78 is 1.37. The van der Waals surface area contributed by atoms with E-state index in [1.807, 2.05) is 0 Å². The van der Waals surface area contributed by atoms with E-state index in [0.29, 0.717) is 5.82 Å². The summed E-state index contributed by atoms with van der Waals surface area (Å²) in [7, 11) is 0. The molecule has 8 nitrogen and oxygen atoms in total. The highest BCUT2D eigenvalue weighted by Gasteiger charge is 2.09. The number of aliphatic carboxylic acids is 1. The lowest BCUT2D eigenvalue weighted by molar-refractivity contribution is -0.136. The van der Waals surface area contributed by atoms with Crippen LogP contribution in [0.1, 0.15) is 17.9 Å². The molecule has 2 heterocycles. The Labute approximate surface area is 88.9 Å². The van der Waals surface area contributed by atoms with Crippen molar-refractivity contribution in [3.05, 3.63) is 21.9 Å². The zero-order chi connectivity index (χ0) is 11.7. The Hall–Kier alpha value is -2.25. The van der Waals surface area contributed by atoms with Crippen LogP contribution in [0.15, 0.2) is 4.79 Å². The Morgan fingerprint density at radius 2 is 2.25 bits per heavy atom. The number of nitrogens with one attached hydrogen (secondary N) is 1. The van der Waals surface area contributed by atoms with E-state index in [0.717, 1.165) is 0 Å². The van der Waals surface area contributed by atoms with Crippen molar-refractivity contribution in [2.75, 3.05) is 0 Å². The third-order valence-electron chi connectivity index (χ3n) is 2.08. The molecule has 0 radical (unpaired) electrons. The largest absolute Gasteiger partial charge is 0.481 e. The SMILES string of the molecule is Cc1nnc2[nH]c(=O)c(CCC(=O)O)nn12. The van der Waals surface area contributed by atoms with Gasteiger partial charge in [-0.1, -0.05) is 0 Å². The van der Waals surface area contributed by atoms with E-state index in [4.69, 9.17) is 5.11 Å². The van der Waals surface area contributed by atoms with Gasteiger partial charge in [-0.2, -0.15) is 9.61 Å². The van der Waals surface area contributed by atoms with Gasteiger partial charge in [0.1, 0.15) is 5.69 Å². The maximum Gasteiger partial charge on any atom is 0.303 e. The maximum atomic E-state index is 11.5. The fourth-order valence-corrected chi connectivity index (χ4v) is 1.28. The van der Waals surface area contributed by atoms with Crippen molar-refractivity contribution < 1.29 is 9.90 Å². The molecule has 0 bridgehead atoms. The highest BCUT2D eigenvalue weighted by atomic mass is 16.4. The minimum atomic E-state index is -0.971. The van der Waals surface area contributed by atoms with Crippen molar-refractivity contribution in [2.45, 2.75) is 19.8 Å². The molecule has 0 atom stereocenters. The van der Waals surface area contributed by atoms with Crippen LogP contribution < -0.4 is 5.56 Å². The first kappa shape index (κ1) is 10.3. The minimum absolute atomic E-state index is 0.0816. The van der Waals surface area contributed by atoms with Crippen LogP contribution in [0.2, 0.25) is 0 Å². The Balaban J connectivity index is 2.44. The number of rotatable bonds is 3. The molecule has 0 aliphatic carbocycles. The molecule has 0 saturated heterocycles. The topological polar surface area (TPSA) is 113 Å². The first-order valence-electron chi connectivity index (χ1n) is 4.61. The van der Waals surface area contributed by atoms with Crippen LogP contribution in [0.4, 0.5) is 0 Å². The van der Waals surface area contributed by atoms with Crippen molar-refractivity contribution in [3.63, 3.8) is 0 Å². The lowest BCUT2D eigenvalue weighted by Crippen LogP contribution is -2.19. The summed E-state index contributed by atoms with van der Waals surface area (Å²) in [5, 5.41) is 19.9.